The van der Waals surface area contributed by atoms with Gasteiger partial charge in [-0.2, -0.15) is 0 Å². The average Bonchev–Trinajstić information content (AvgIpc) is 0.920. The van der Waals surface area contributed by atoms with Gasteiger partial charge in [-0.3, -0.25) is 9.59 Å². The maximum absolute atomic E-state index is 13.4. The van der Waals surface area contributed by atoms with E-state index in [1.54, 1.807) is 6.08 Å². The van der Waals surface area contributed by atoms with Gasteiger partial charge in [-0.05, 0) is 19.3 Å². The molecule has 14 N–H and O–H groups in total. The highest BCUT2D eigenvalue weighted by atomic mass is 16.8. The van der Waals surface area contributed by atoms with Crippen molar-refractivity contribution in [3.63, 3.8) is 0 Å². The number of nitrogens with one attached hydrogen (secondary N) is 2. The number of amides is 2. The number of carbonyl (C=O) groups is 3. The molecule has 18 atom stereocenters. The zero-order chi connectivity index (χ0) is 64.7. The number of aliphatic hydroxyl groups excluding tert-OH is 11. The molecule has 480 valence electrons. The van der Waals surface area contributed by atoms with Gasteiger partial charge < -0.3 is 100 Å². The Morgan fingerprint density at radius 2 is 1.23 bits per heavy atom. The minimum absolute atomic E-state index is 0.0343. The minimum Gasteiger partial charge on any atom is -0.477 e. The highest BCUT2D eigenvalue weighted by molar-refractivity contribution is 5.77. The molecule has 23 heteroatoms. The van der Waals surface area contributed by atoms with Crippen LogP contribution in [0.25, 0.3) is 0 Å². The maximum Gasteiger partial charge on any atom is 0.364 e. The quantitative estimate of drug-likeness (QED) is 0.0307. The van der Waals surface area contributed by atoms with Crippen molar-refractivity contribution in [2.24, 2.45) is 0 Å². The molecule has 0 bridgehead atoms. The largest absolute Gasteiger partial charge is 0.477 e. The molecule has 3 fully saturated rings. The fourth-order valence-electron chi connectivity index (χ4n) is 10.7. The lowest BCUT2D eigenvalue weighted by molar-refractivity contribution is -0.386. The summed E-state index contributed by atoms with van der Waals surface area (Å²) in [6.45, 7) is -2.84. The van der Waals surface area contributed by atoms with Crippen LogP contribution in [-0.2, 0) is 42.8 Å². The van der Waals surface area contributed by atoms with Crippen molar-refractivity contribution >= 4 is 17.8 Å². The number of hydrogen-bond donors (Lipinski definition) is 14. The predicted molar refractivity (Wildman–Crippen MR) is 301 cm³/mol. The number of carboxylic acid groups (broad SMARTS) is 1. The van der Waals surface area contributed by atoms with E-state index in [1.165, 1.54) is 44.9 Å². The van der Waals surface area contributed by atoms with Gasteiger partial charge in [-0.1, -0.05) is 180 Å². The van der Waals surface area contributed by atoms with E-state index in [4.69, 9.17) is 35.3 Å². The zero-order valence-corrected chi connectivity index (χ0v) is 48.6. The summed E-state index contributed by atoms with van der Waals surface area (Å²) in [5.41, 5.74) is 0. The van der Waals surface area contributed by atoms with Gasteiger partial charge in [0.25, 0.3) is 5.79 Å². The van der Waals surface area contributed by atoms with Gasteiger partial charge in [0.1, 0.15) is 67.1 Å². The molecule has 0 aliphatic carbocycles. The number of aliphatic hydroxyl groups is 11. The molecule has 0 unspecified atom stereocenters. The normalized spacial score (nSPS) is 31.5. The van der Waals surface area contributed by atoms with Crippen LogP contribution >= 0.6 is 0 Å². The monoisotopic (exact) mass is 1190 g/mol. The summed E-state index contributed by atoms with van der Waals surface area (Å²) in [7, 11) is 0. The summed E-state index contributed by atoms with van der Waals surface area (Å²) in [5, 5.41) is 135. The standard InChI is InChI=1S/C59H108N2O21/c1-4-6-8-10-12-14-16-18-19-21-23-25-27-29-31-33-46(69)61-40(41(66)32-30-28-26-24-22-20-17-15-13-11-9-7-5-2)38-77-56-51(73)50(72)53(45(37-64)79-56)80-57-52(74)55(49(71)44(36-63)78-57)82-59(58(75)76)34-42(67)47(60-39(3)65)54(81-59)48(70)43(68)35-62/h30,32,40-45,47-57,62-64,66-68,70-74H,4-29,31,33-38H2,1-3H3,(H,60,65)(H,61,69)(H,75,76)/b32-30+/t40-,41+,42-,43+,44+,45+,47+,48+,49-,50+,51+,52+,53+,54+,55-,56+,57-,59-/m0/s1/i1D3,4D2. The summed E-state index contributed by atoms with van der Waals surface area (Å²) in [5.74, 6) is -6.23. The summed E-state index contributed by atoms with van der Waals surface area (Å²) < 4.78 is 72.1. The number of carboxylic acids is 1. The summed E-state index contributed by atoms with van der Waals surface area (Å²) >= 11 is 0. The minimum atomic E-state index is -3.10. The molecular weight excluding hydrogens is 1070 g/mol. The van der Waals surface area contributed by atoms with Crippen LogP contribution in [0.15, 0.2) is 12.2 Å². The summed E-state index contributed by atoms with van der Waals surface area (Å²) in [6, 6.07) is -2.66. The van der Waals surface area contributed by atoms with Crippen LogP contribution in [-0.4, -0.2) is 215 Å². The molecule has 3 saturated heterocycles. The third kappa shape index (κ3) is 25.4. The lowest BCUT2D eigenvalue weighted by Crippen LogP contribution is -2.70. The molecule has 3 aliphatic heterocycles. The first-order valence-corrected chi connectivity index (χ1v) is 30.5. The molecule has 0 aromatic heterocycles. The van der Waals surface area contributed by atoms with Gasteiger partial charge in [-0.25, -0.2) is 4.79 Å². The number of allylic oxidation sites excluding steroid dienone is 1. The number of unbranched alkanes of at least 4 members (excludes halogenated alkanes) is 23. The van der Waals surface area contributed by atoms with Gasteiger partial charge in [0.2, 0.25) is 11.8 Å². The maximum atomic E-state index is 13.4. The van der Waals surface area contributed by atoms with Gasteiger partial charge in [0.15, 0.2) is 12.6 Å². The Morgan fingerprint density at radius 3 is 1.76 bits per heavy atom. The number of hydrogen-bond acceptors (Lipinski definition) is 20. The van der Waals surface area contributed by atoms with E-state index in [0.717, 1.165) is 103 Å². The Labute approximate surface area is 493 Å². The van der Waals surface area contributed by atoms with E-state index in [9.17, 15) is 75.7 Å². The number of rotatable bonds is 45. The first-order valence-electron chi connectivity index (χ1n) is 33.0. The van der Waals surface area contributed by atoms with Gasteiger partial charge in [0.05, 0.1) is 50.7 Å². The molecule has 2 amide bonds. The predicted octanol–water partition coefficient (Wildman–Crippen LogP) is 3.17. The second-order valence-corrected chi connectivity index (χ2v) is 22.5. The Morgan fingerprint density at radius 1 is 0.695 bits per heavy atom. The Hall–Kier alpha value is -2.53. The number of ether oxygens (including phenoxy) is 6. The SMILES string of the molecule is [2H]C([2H])([2H])C([2H])([2H])CCCCCCCCCCCCCCCC(=O)N[C@@H](CO[C@@H]1O[C@H](CO)[C@@H](O[C@@H]2O[C@H](CO)[C@H](O)[C@H](O[C@]3(C(=O)O)C[C@H](O)[C@@H](NC(C)=O)[C@H]([C@H](O)[C@H](O)CO)O3)[C@H]2O)[C@H](O)[C@H]1O)[C@H](O)/C=C/CCCCCCCCCCCCC. The van der Waals surface area contributed by atoms with E-state index in [1.807, 2.05) is 6.08 Å². The fourth-order valence-corrected chi connectivity index (χ4v) is 10.7. The van der Waals surface area contributed by atoms with Crippen LogP contribution in [0, 0.1) is 0 Å². The summed E-state index contributed by atoms with van der Waals surface area (Å²) in [6.07, 6.45) is -2.81. The van der Waals surface area contributed by atoms with Crippen molar-refractivity contribution in [1.82, 2.24) is 10.6 Å². The van der Waals surface area contributed by atoms with Crippen molar-refractivity contribution < 1.29 is 111 Å². The van der Waals surface area contributed by atoms with Crippen molar-refractivity contribution in [1.29, 1.82) is 0 Å². The van der Waals surface area contributed by atoms with Crippen molar-refractivity contribution in [2.75, 3.05) is 26.4 Å². The smallest absolute Gasteiger partial charge is 0.364 e. The molecule has 0 aromatic rings. The highest BCUT2D eigenvalue weighted by Crippen LogP contribution is 2.38. The van der Waals surface area contributed by atoms with E-state index in [0.29, 0.717) is 19.3 Å². The number of aliphatic carboxylic acids is 1. The van der Waals surface area contributed by atoms with Crippen molar-refractivity contribution in [3.8, 4) is 0 Å². The van der Waals surface area contributed by atoms with Crippen LogP contribution in [0.4, 0.5) is 0 Å². The van der Waals surface area contributed by atoms with E-state index in [2.05, 4.69) is 17.6 Å². The Bertz CT molecular complexity index is 1940. The van der Waals surface area contributed by atoms with Gasteiger partial charge in [0, 0.05) is 26.6 Å². The molecule has 3 rings (SSSR count). The number of carbonyl (C=O) groups excluding carboxylic acids is 2. The second kappa shape index (κ2) is 41.5. The topological polar surface area (TPSA) is 373 Å². The van der Waals surface area contributed by atoms with Crippen molar-refractivity contribution in [2.45, 2.75) is 317 Å². The van der Waals surface area contributed by atoms with Crippen LogP contribution in [0.2, 0.25) is 0 Å². The molecular formula is C59H108N2O21. The fraction of sp³-hybridized carbons (Fsp3) is 0.915. The first-order chi connectivity index (χ1) is 41.3. The Balaban J connectivity index is 1.63. The third-order valence-corrected chi connectivity index (χ3v) is 15.7. The molecule has 0 spiro atoms. The van der Waals surface area contributed by atoms with Crippen LogP contribution < -0.4 is 10.6 Å². The molecule has 0 aromatic carbocycles. The highest BCUT2D eigenvalue weighted by Gasteiger charge is 2.60. The first kappa shape index (κ1) is 65.4. The van der Waals surface area contributed by atoms with E-state index >= 15 is 0 Å². The van der Waals surface area contributed by atoms with Gasteiger partial charge >= 0.3 is 5.97 Å². The van der Waals surface area contributed by atoms with E-state index in [-0.39, 0.29) is 18.7 Å². The van der Waals surface area contributed by atoms with Gasteiger partial charge in [-0.15, -0.1) is 0 Å². The molecule has 23 nitrogen and oxygen atoms in total. The average molecular weight is 1190 g/mol. The van der Waals surface area contributed by atoms with Crippen LogP contribution in [0.5, 0.6) is 0 Å². The molecule has 3 heterocycles. The van der Waals surface area contributed by atoms with Crippen LogP contribution in [0.1, 0.15) is 214 Å². The lowest BCUT2D eigenvalue weighted by atomic mass is 9.88. The molecule has 3 aliphatic rings. The summed E-state index contributed by atoms with van der Waals surface area (Å²) in [4.78, 5) is 38.4. The van der Waals surface area contributed by atoms with Crippen molar-refractivity contribution in [3.05, 3.63) is 12.2 Å². The van der Waals surface area contributed by atoms with E-state index < -0.39 is 168 Å². The molecule has 82 heavy (non-hydrogen) atoms. The Kier molecular flexibility index (Phi) is 33.2. The lowest BCUT2D eigenvalue weighted by Gasteiger charge is -2.50. The zero-order valence-electron chi connectivity index (χ0n) is 53.6. The molecule has 0 radical (unpaired) electrons. The third-order valence-electron chi connectivity index (χ3n) is 15.7. The molecule has 0 saturated carbocycles. The van der Waals surface area contributed by atoms with Crippen LogP contribution in [0.3, 0.4) is 0 Å². The second-order valence-electron chi connectivity index (χ2n) is 22.5.